The lowest BCUT2D eigenvalue weighted by atomic mass is 9.90. The molecule has 0 aliphatic heterocycles. The van der Waals surface area contributed by atoms with Crippen molar-refractivity contribution in [3.8, 4) is 0 Å². The monoisotopic (exact) mass is 262 g/mol. The normalized spacial score (nSPS) is 22.2. The van der Waals surface area contributed by atoms with Crippen molar-refractivity contribution >= 4 is 11.3 Å². The van der Waals surface area contributed by atoms with Gasteiger partial charge in [0, 0.05) is 23.0 Å². The van der Waals surface area contributed by atoms with Gasteiger partial charge >= 0.3 is 0 Å². The van der Waals surface area contributed by atoms with Gasteiger partial charge in [0.15, 0.2) is 0 Å². The van der Waals surface area contributed by atoms with Crippen LogP contribution in [0, 0.1) is 12.7 Å². The number of hydrogen-bond donors (Lipinski definition) is 1. The molecule has 0 saturated carbocycles. The molecule has 2 nitrogen and oxygen atoms in total. The first kappa shape index (κ1) is 11.8. The lowest BCUT2D eigenvalue weighted by molar-refractivity contribution is 0.438. The van der Waals surface area contributed by atoms with Gasteiger partial charge in [-0.25, -0.2) is 9.37 Å². The molecule has 2 N–H and O–H groups in total. The van der Waals surface area contributed by atoms with Crippen LogP contribution in [-0.4, -0.2) is 4.98 Å². The maximum atomic E-state index is 13.2. The number of benzene rings is 1. The predicted molar refractivity (Wildman–Crippen MR) is 71.1 cm³/mol. The van der Waals surface area contributed by atoms with Crippen LogP contribution in [0.2, 0.25) is 0 Å². The fraction of sp³-hybridized carbons (Fsp3) is 0.357. The summed E-state index contributed by atoms with van der Waals surface area (Å²) >= 11 is 1.65. The van der Waals surface area contributed by atoms with Gasteiger partial charge in [0.2, 0.25) is 0 Å². The Morgan fingerprint density at radius 3 is 3.06 bits per heavy atom. The molecule has 94 valence electrons. The van der Waals surface area contributed by atoms with E-state index in [-0.39, 0.29) is 11.4 Å². The smallest absolute Gasteiger partial charge is 0.123 e. The average molecular weight is 262 g/mol. The lowest BCUT2D eigenvalue weighted by Gasteiger charge is -2.24. The molecule has 0 spiro atoms. The number of halogens is 1. The molecular weight excluding hydrogens is 247 g/mol. The maximum absolute atomic E-state index is 13.2. The van der Waals surface area contributed by atoms with E-state index in [1.807, 2.05) is 18.4 Å². The molecule has 1 aliphatic carbocycles. The van der Waals surface area contributed by atoms with Gasteiger partial charge in [-0.3, -0.25) is 0 Å². The van der Waals surface area contributed by atoms with Crippen molar-refractivity contribution in [2.75, 3.05) is 0 Å². The molecule has 0 fully saturated rings. The summed E-state index contributed by atoms with van der Waals surface area (Å²) in [5.74, 6) is -0.178. The van der Waals surface area contributed by atoms with Crippen molar-refractivity contribution in [2.24, 2.45) is 5.73 Å². The van der Waals surface area contributed by atoms with Crippen LogP contribution in [0.4, 0.5) is 4.39 Å². The minimum absolute atomic E-state index is 0.178. The van der Waals surface area contributed by atoms with Gasteiger partial charge in [0.25, 0.3) is 0 Å². The van der Waals surface area contributed by atoms with E-state index in [2.05, 4.69) is 4.98 Å². The van der Waals surface area contributed by atoms with Crippen molar-refractivity contribution in [1.29, 1.82) is 0 Å². The fourth-order valence-corrected chi connectivity index (χ4v) is 3.58. The number of nitrogens with two attached hydrogens (primary N) is 1. The standard InChI is InChI=1S/C14H15FN2S/c1-9-8-18-13(17-9)7-14(16)5-4-10-6-11(15)2-3-12(10)14/h2-3,6,8H,4-5,7,16H2,1H3. The first-order valence-corrected chi connectivity index (χ1v) is 6.94. The zero-order valence-corrected chi connectivity index (χ0v) is 11.1. The van der Waals surface area contributed by atoms with E-state index in [9.17, 15) is 4.39 Å². The zero-order chi connectivity index (χ0) is 12.8. The largest absolute Gasteiger partial charge is 0.321 e. The molecule has 1 aromatic heterocycles. The Hall–Kier alpha value is -1.26. The lowest BCUT2D eigenvalue weighted by Crippen LogP contribution is -2.36. The van der Waals surface area contributed by atoms with Crippen molar-refractivity contribution < 1.29 is 4.39 Å². The van der Waals surface area contributed by atoms with Gasteiger partial charge in [-0.15, -0.1) is 11.3 Å². The molecule has 1 atom stereocenters. The second-order valence-corrected chi connectivity index (χ2v) is 5.96. The minimum Gasteiger partial charge on any atom is -0.321 e. The first-order chi connectivity index (χ1) is 8.57. The summed E-state index contributed by atoms with van der Waals surface area (Å²) in [4.78, 5) is 4.47. The number of nitrogens with zero attached hydrogens (tertiary/aromatic N) is 1. The quantitative estimate of drug-likeness (QED) is 0.903. The highest BCUT2D eigenvalue weighted by atomic mass is 32.1. The third-order valence-corrected chi connectivity index (χ3v) is 4.54. The minimum atomic E-state index is -0.382. The Morgan fingerprint density at radius 1 is 1.50 bits per heavy atom. The summed E-state index contributed by atoms with van der Waals surface area (Å²) in [6, 6.07) is 4.94. The highest BCUT2D eigenvalue weighted by Crippen LogP contribution is 2.38. The van der Waals surface area contributed by atoms with E-state index < -0.39 is 0 Å². The third-order valence-electron chi connectivity index (χ3n) is 3.58. The van der Waals surface area contributed by atoms with E-state index in [1.165, 1.54) is 6.07 Å². The molecule has 1 unspecified atom stereocenters. The zero-order valence-electron chi connectivity index (χ0n) is 10.2. The summed E-state index contributed by atoms with van der Waals surface area (Å²) in [6.45, 7) is 1.99. The number of rotatable bonds is 2. The van der Waals surface area contributed by atoms with Gasteiger partial charge in [-0.05, 0) is 43.0 Å². The van der Waals surface area contributed by atoms with Gasteiger partial charge in [-0.1, -0.05) is 6.07 Å². The number of aromatic nitrogens is 1. The molecule has 2 aromatic rings. The van der Waals surface area contributed by atoms with Crippen LogP contribution in [0.1, 0.15) is 28.2 Å². The Kier molecular flexibility index (Phi) is 2.72. The van der Waals surface area contributed by atoms with E-state index >= 15 is 0 Å². The second kappa shape index (κ2) is 4.14. The Labute approximate surface area is 110 Å². The van der Waals surface area contributed by atoms with Gasteiger partial charge in [-0.2, -0.15) is 0 Å². The van der Waals surface area contributed by atoms with Crippen molar-refractivity contribution in [1.82, 2.24) is 4.98 Å². The topological polar surface area (TPSA) is 38.9 Å². The van der Waals surface area contributed by atoms with Crippen LogP contribution < -0.4 is 5.73 Å². The third kappa shape index (κ3) is 1.95. The van der Waals surface area contributed by atoms with E-state index in [4.69, 9.17) is 5.73 Å². The molecule has 4 heteroatoms. The van der Waals surface area contributed by atoms with Crippen LogP contribution in [0.25, 0.3) is 0 Å². The number of aryl methyl sites for hydroxylation is 2. The molecular formula is C14H15FN2S. The van der Waals surface area contributed by atoms with E-state index in [0.717, 1.165) is 41.1 Å². The van der Waals surface area contributed by atoms with Crippen LogP contribution in [0.15, 0.2) is 23.6 Å². The van der Waals surface area contributed by atoms with E-state index in [1.54, 1.807) is 17.4 Å². The average Bonchev–Trinajstić information content (AvgIpc) is 2.84. The molecule has 18 heavy (non-hydrogen) atoms. The summed E-state index contributed by atoms with van der Waals surface area (Å²) in [7, 11) is 0. The van der Waals surface area contributed by atoms with Crippen LogP contribution in [0.5, 0.6) is 0 Å². The molecule has 0 bridgehead atoms. The maximum Gasteiger partial charge on any atom is 0.123 e. The summed E-state index contributed by atoms with van der Waals surface area (Å²) in [6.07, 6.45) is 2.46. The molecule has 1 aliphatic rings. The number of thiazole rings is 1. The summed E-state index contributed by atoms with van der Waals surface area (Å²) < 4.78 is 13.2. The van der Waals surface area contributed by atoms with Crippen LogP contribution >= 0.6 is 11.3 Å². The molecule has 1 aromatic carbocycles. The number of fused-ring (bicyclic) bond motifs is 1. The molecule has 1 heterocycles. The second-order valence-electron chi connectivity index (χ2n) is 5.02. The Bertz CT molecular complexity index is 593. The predicted octanol–water partition coefficient (Wildman–Crippen LogP) is 2.93. The molecule has 0 amide bonds. The van der Waals surface area contributed by atoms with Crippen LogP contribution in [0.3, 0.4) is 0 Å². The highest BCUT2D eigenvalue weighted by molar-refractivity contribution is 7.09. The molecule has 0 saturated heterocycles. The van der Waals surface area contributed by atoms with Gasteiger partial charge in [0.1, 0.15) is 5.82 Å². The summed E-state index contributed by atoms with van der Waals surface area (Å²) in [5.41, 5.74) is 9.29. The Morgan fingerprint density at radius 2 is 2.33 bits per heavy atom. The SMILES string of the molecule is Cc1csc(CC2(N)CCc3cc(F)ccc32)n1. The summed E-state index contributed by atoms with van der Waals surface area (Å²) in [5, 5.41) is 3.10. The fourth-order valence-electron chi connectivity index (χ4n) is 2.68. The van der Waals surface area contributed by atoms with Gasteiger partial charge in [0.05, 0.1) is 5.01 Å². The van der Waals surface area contributed by atoms with Crippen molar-refractivity contribution in [3.63, 3.8) is 0 Å². The van der Waals surface area contributed by atoms with Crippen molar-refractivity contribution in [2.45, 2.75) is 31.7 Å². The van der Waals surface area contributed by atoms with Crippen molar-refractivity contribution in [3.05, 3.63) is 51.2 Å². The first-order valence-electron chi connectivity index (χ1n) is 6.06. The molecule has 0 radical (unpaired) electrons. The van der Waals surface area contributed by atoms with E-state index in [0.29, 0.717) is 0 Å². The van der Waals surface area contributed by atoms with Gasteiger partial charge < -0.3 is 5.73 Å². The van der Waals surface area contributed by atoms with Crippen LogP contribution in [-0.2, 0) is 18.4 Å². The number of hydrogen-bond acceptors (Lipinski definition) is 3. The Balaban J connectivity index is 1.94. The highest BCUT2D eigenvalue weighted by Gasteiger charge is 2.35. The molecule has 3 rings (SSSR count).